The van der Waals surface area contributed by atoms with Gasteiger partial charge in [0.2, 0.25) is 0 Å². The van der Waals surface area contributed by atoms with Crippen molar-refractivity contribution in [1.29, 1.82) is 5.26 Å². The summed E-state index contributed by atoms with van der Waals surface area (Å²) in [6, 6.07) is 9.32. The molecule has 18 heavy (non-hydrogen) atoms. The third-order valence-electron chi connectivity index (χ3n) is 2.27. The fraction of sp³-hybridized carbons (Fsp3) is 0.500. The molecule has 0 saturated heterocycles. The minimum atomic E-state index is 0.549. The van der Waals surface area contributed by atoms with Crippen LogP contribution in [0.15, 0.2) is 24.3 Å². The zero-order valence-corrected chi connectivity index (χ0v) is 10.7. The minimum absolute atomic E-state index is 0.549. The average molecular weight is 249 g/mol. The Morgan fingerprint density at radius 1 is 1.06 bits per heavy atom. The lowest BCUT2D eigenvalue weighted by Crippen LogP contribution is -2.08. The van der Waals surface area contributed by atoms with E-state index >= 15 is 0 Å². The van der Waals surface area contributed by atoms with E-state index < -0.39 is 0 Å². The Bertz CT molecular complexity index is 374. The second-order valence-electron chi connectivity index (χ2n) is 3.62. The summed E-state index contributed by atoms with van der Waals surface area (Å²) >= 11 is 0. The van der Waals surface area contributed by atoms with Crippen LogP contribution in [-0.2, 0) is 9.47 Å². The lowest BCUT2D eigenvalue weighted by molar-refractivity contribution is 0.0482. The summed E-state index contributed by atoms with van der Waals surface area (Å²) in [5.41, 5.74) is 0.565. The maximum Gasteiger partial charge on any atom is 0.137 e. The van der Waals surface area contributed by atoms with Gasteiger partial charge in [-0.05, 0) is 19.1 Å². The Labute approximate surface area is 108 Å². The van der Waals surface area contributed by atoms with Crippen LogP contribution in [0.4, 0.5) is 0 Å². The molecular formula is C14H19NO3. The summed E-state index contributed by atoms with van der Waals surface area (Å²) < 4.78 is 16.0. The first-order valence-electron chi connectivity index (χ1n) is 6.16. The summed E-state index contributed by atoms with van der Waals surface area (Å²) in [4.78, 5) is 0. The minimum Gasteiger partial charge on any atom is -0.492 e. The first-order valence-corrected chi connectivity index (χ1v) is 6.16. The largest absolute Gasteiger partial charge is 0.492 e. The molecule has 0 unspecified atom stereocenters. The van der Waals surface area contributed by atoms with Crippen molar-refractivity contribution in [3.8, 4) is 11.8 Å². The molecule has 0 spiro atoms. The van der Waals surface area contributed by atoms with Crippen LogP contribution in [0.3, 0.4) is 0 Å². The monoisotopic (exact) mass is 249 g/mol. The summed E-state index contributed by atoms with van der Waals surface area (Å²) in [5, 5.41) is 8.87. The summed E-state index contributed by atoms with van der Waals surface area (Å²) in [5.74, 6) is 0.634. The molecule has 0 aliphatic carbocycles. The van der Waals surface area contributed by atoms with Gasteiger partial charge in [0.05, 0.1) is 25.4 Å². The fourth-order valence-corrected chi connectivity index (χ4v) is 1.39. The molecule has 0 aliphatic rings. The molecule has 0 fully saturated rings. The maximum absolute atomic E-state index is 8.87. The van der Waals surface area contributed by atoms with Gasteiger partial charge in [-0.15, -0.1) is 0 Å². The second-order valence-corrected chi connectivity index (χ2v) is 3.62. The number of nitrogens with zero attached hydrogens (tertiary/aromatic N) is 1. The zero-order chi connectivity index (χ0) is 13.1. The van der Waals surface area contributed by atoms with Gasteiger partial charge in [-0.25, -0.2) is 0 Å². The van der Waals surface area contributed by atoms with Crippen molar-refractivity contribution in [2.75, 3.05) is 33.0 Å². The fourth-order valence-electron chi connectivity index (χ4n) is 1.39. The number of para-hydroxylation sites is 1. The molecular weight excluding hydrogens is 230 g/mol. The van der Waals surface area contributed by atoms with Crippen molar-refractivity contribution < 1.29 is 14.2 Å². The van der Waals surface area contributed by atoms with Gasteiger partial charge in [0.25, 0.3) is 0 Å². The van der Waals surface area contributed by atoms with Crippen LogP contribution in [0, 0.1) is 11.3 Å². The van der Waals surface area contributed by atoms with Gasteiger partial charge in [-0.2, -0.15) is 5.26 Å². The molecule has 0 atom stereocenters. The number of nitriles is 1. The lowest BCUT2D eigenvalue weighted by atomic mass is 10.2. The Balaban J connectivity index is 2.09. The molecule has 0 aromatic heterocycles. The van der Waals surface area contributed by atoms with Crippen molar-refractivity contribution in [1.82, 2.24) is 0 Å². The van der Waals surface area contributed by atoms with Crippen LogP contribution >= 0.6 is 0 Å². The van der Waals surface area contributed by atoms with E-state index in [0.29, 0.717) is 37.7 Å². The molecule has 0 bridgehead atoms. The van der Waals surface area contributed by atoms with Crippen molar-refractivity contribution >= 4 is 0 Å². The normalized spacial score (nSPS) is 10.0. The lowest BCUT2D eigenvalue weighted by Gasteiger charge is -2.08. The van der Waals surface area contributed by atoms with E-state index in [9.17, 15) is 0 Å². The average Bonchev–Trinajstić information content (AvgIpc) is 2.42. The van der Waals surface area contributed by atoms with Crippen LogP contribution in [0.5, 0.6) is 5.75 Å². The molecule has 1 aromatic carbocycles. The van der Waals surface area contributed by atoms with Gasteiger partial charge in [0.1, 0.15) is 11.8 Å². The molecule has 0 saturated carbocycles. The number of ether oxygens (including phenoxy) is 3. The first kappa shape index (κ1) is 14.5. The third-order valence-corrected chi connectivity index (χ3v) is 2.27. The van der Waals surface area contributed by atoms with E-state index in [1.807, 2.05) is 19.1 Å². The van der Waals surface area contributed by atoms with E-state index in [4.69, 9.17) is 19.5 Å². The second kappa shape index (κ2) is 9.46. The van der Waals surface area contributed by atoms with Gasteiger partial charge in [-0.1, -0.05) is 12.1 Å². The van der Waals surface area contributed by atoms with Crippen LogP contribution in [0.2, 0.25) is 0 Å². The van der Waals surface area contributed by atoms with Crippen LogP contribution in [0.25, 0.3) is 0 Å². The predicted molar refractivity (Wildman–Crippen MR) is 68.6 cm³/mol. The van der Waals surface area contributed by atoms with Crippen LogP contribution in [0.1, 0.15) is 18.9 Å². The topological polar surface area (TPSA) is 51.5 Å². The summed E-state index contributed by atoms with van der Waals surface area (Å²) in [6.07, 6.45) is 0.798. The molecule has 1 rings (SSSR count). The molecule has 4 nitrogen and oxygen atoms in total. The molecule has 0 aliphatic heterocycles. The van der Waals surface area contributed by atoms with Gasteiger partial charge in [0.15, 0.2) is 0 Å². The maximum atomic E-state index is 8.87. The molecule has 98 valence electrons. The highest BCUT2D eigenvalue weighted by atomic mass is 16.5. The highest BCUT2D eigenvalue weighted by Crippen LogP contribution is 2.16. The van der Waals surface area contributed by atoms with E-state index in [0.717, 1.165) is 13.0 Å². The van der Waals surface area contributed by atoms with Crippen molar-refractivity contribution in [3.05, 3.63) is 29.8 Å². The van der Waals surface area contributed by atoms with Crippen molar-refractivity contribution in [3.63, 3.8) is 0 Å². The van der Waals surface area contributed by atoms with Crippen molar-refractivity contribution in [2.45, 2.75) is 13.3 Å². The summed E-state index contributed by atoms with van der Waals surface area (Å²) in [6.45, 7) is 5.12. The predicted octanol–water partition coefficient (Wildman–Crippen LogP) is 2.38. The summed E-state index contributed by atoms with van der Waals surface area (Å²) in [7, 11) is 0. The Hall–Kier alpha value is -1.57. The van der Waals surface area contributed by atoms with Gasteiger partial charge < -0.3 is 14.2 Å². The van der Waals surface area contributed by atoms with E-state index in [2.05, 4.69) is 6.07 Å². The van der Waals surface area contributed by atoms with Gasteiger partial charge in [-0.3, -0.25) is 0 Å². The molecule has 4 heteroatoms. The smallest absolute Gasteiger partial charge is 0.137 e. The van der Waals surface area contributed by atoms with Crippen LogP contribution < -0.4 is 4.74 Å². The molecule has 1 aromatic rings. The van der Waals surface area contributed by atoms with E-state index in [1.165, 1.54) is 0 Å². The van der Waals surface area contributed by atoms with Gasteiger partial charge in [0, 0.05) is 19.6 Å². The van der Waals surface area contributed by atoms with Crippen molar-refractivity contribution in [2.24, 2.45) is 0 Å². The number of rotatable bonds is 9. The quantitative estimate of drug-likeness (QED) is 0.630. The zero-order valence-electron chi connectivity index (χ0n) is 10.7. The molecule has 0 amide bonds. The van der Waals surface area contributed by atoms with E-state index in [-0.39, 0.29) is 0 Å². The molecule has 0 radical (unpaired) electrons. The highest BCUT2D eigenvalue weighted by molar-refractivity contribution is 5.42. The van der Waals surface area contributed by atoms with Gasteiger partial charge >= 0.3 is 0 Å². The highest BCUT2D eigenvalue weighted by Gasteiger charge is 2.00. The molecule has 0 heterocycles. The molecule has 0 N–H and O–H groups in total. The Morgan fingerprint density at radius 3 is 2.61 bits per heavy atom. The number of hydrogen-bond donors (Lipinski definition) is 0. The number of benzene rings is 1. The Morgan fingerprint density at radius 2 is 1.83 bits per heavy atom. The van der Waals surface area contributed by atoms with Crippen LogP contribution in [-0.4, -0.2) is 33.0 Å². The first-order chi connectivity index (χ1) is 8.88. The number of hydrogen-bond acceptors (Lipinski definition) is 4. The standard InChI is InChI=1S/C14H19NO3/c1-2-16-10-11-17-8-5-9-18-14-7-4-3-6-13(14)12-15/h3-4,6-7H,2,5,8-11H2,1H3. The SMILES string of the molecule is CCOCCOCCCOc1ccccc1C#N. The van der Waals surface area contributed by atoms with E-state index in [1.54, 1.807) is 12.1 Å². The third kappa shape index (κ3) is 5.67. The Kier molecular flexibility index (Phi) is 7.61.